The fourth-order valence-electron chi connectivity index (χ4n) is 2.40. The lowest BCUT2D eigenvalue weighted by Gasteiger charge is -2.18. The SMILES string of the molecule is CN(Cc1ccc(Br)o1)C(=O)C(=Cc1ccco1)NC(=O)c1ccccc1. The molecule has 2 heterocycles. The Morgan fingerprint density at radius 2 is 1.89 bits per heavy atom. The number of carbonyl (C=O) groups is 2. The van der Waals surface area contributed by atoms with Crippen molar-refractivity contribution in [1.29, 1.82) is 0 Å². The number of nitrogens with one attached hydrogen (secondary N) is 1. The third-order valence-corrected chi connectivity index (χ3v) is 4.14. The maximum Gasteiger partial charge on any atom is 0.270 e. The van der Waals surface area contributed by atoms with Gasteiger partial charge in [-0.25, -0.2) is 0 Å². The molecule has 2 amide bonds. The molecule has 138 valence electrons. The van der Waals surface area contributed by atoms with E-state index in [-0.39, 0.29) is 24.1 Å². The van der Waals surface area contributed by atoms with E-state index in [1.807, 2.05) is 6.07 Å². The van der Waals surface area contributed by atoms with Gasteiger partial charge in [-0.05, 0) is 52.3 Å². The molecule has 0 aliphatic rings. The molecule has 0 saturated heterocycles. The van der Waals surface area contributed by atoms with Gasteiger partial charge in [0.2, 0.25) is 0 Å². The fourth-order valence-corrected chi connectivity index (χ4v) is 2.74. The van der Waals surface area contributed by atoms with Gasteiger partial charge in [-0.15, -0.1) is 0 Å². The van der Waals surface area contributed by atoms with Crippen molar-refractivity contribution in [3.8, 4) is 0 Å². The highest BCUT2D eigenvalue weighted by atomic mass is 79.9. The molecule has 0 atom stereocenters. The van der Waals surface area contributed by atoms with Crippen LogP contribution in [0.1, 0.15) is 21.9 Å². The van der Waals surface area contributed by atoms with E-state index in [2.05, 4.69) is 21.2 Å². The first-order valence-electron chi connectivity index (χ1n) is 8.14. The van der Waals surface area contributed by atoms with Crippen LogP contribution in [0.5, 0.6) is 0 Å². The van der Waals surface area contributed by atoms with E-state index >= 15 is 0 Å². The highest BCUT2D eigenvalue weighted by molar-refractivity contribution is 9.10. The molecule has 0 aliphatic carbocycles. The highest BCUT2D eigenvalue weighted by Gasteiger charge is 2.20. The number of amides is 2. The summed E-state index contributed by atoms with van der Waals surface area (Å²) < 4.78 is 11.3. The lowest BCUT2D eigenvalue weighted by atomic mass is 10.2. The zero-order chi connectivity index (χ0) is 19.2. The Kier molecular flexibility index (Phi) is 5.93. The lowest BCUT2D eigenvalue weighted by Crippen LogP contribution is -2.35. The second kappa shape index (κ2) is 8.55. The summed E-state index contributed by atoms with van der Waals surface area (Å²) in [6.07, 6.45) is 2.99. The van der Waals surface area contributed by atoms with Gasteiger partial charge < -0.3 is 19.1 Å². The van der Waals surface area contributed by atoms with Gasteiger partial charge in [0.25, 0.3) is 11.8 Å². The van der Waals surface area contributed by atoms with E-state index in [1.54, 1.807) is 55.6 Å². The van der Waals surface area contributed by atoms with Crippen molar-refractivity contribution in [2.75, 3.05) is 7.05 Å². The summed E-state index contributed by atoms with van der Waals surface area (Å²) in [7, 11) is 1.63. The number of furan rings is 2. The molecule has 0 bridgehead atoms. The quantitative estimate of drug-likeness (QED) is 0.600. The standard InChI is InChI=1S/C20H17BrN2O4/c1-23(13-16-9-10-18(21)27-16)20(25)17(12-15-8-5-11-26-15)22-19(24)14-6-3-2-4-7-14/h2-12H,13H2,1H3,(H,22,24). The van der Waals surface area contributed by atoms with Crippen LogP contribution in [0.25, 0.3) is 6.08 Å². The number of halogens is 1. The molecular weight excluding hydrogens is 412 g/mol. The first kappa shape index (κ1) is 18.7. The summed E-state index contributed by atoms with van der Waals surface area (Å²) in [4.78, 5) is 26.8. The fraction of sp³-hybridized carbons (Fsp3) is 0.100. The van der Waals surface area contributed by atoms with Crippen LogP contribution in [0.15, 0.2) is 80.1 Å². The Balaban J connectivity index is 1.81. The Morgan fingerprint density at radius 1 is 1.11 bits per heavy atom. The second-order valence-electron chi connectivity index (χ2n) is 5.76. The Labute approximate surface area is 164 Å². The van der Waals surface area contributed by atoms with E-state index in [1.165, 1.54) is 17.2 Å². The Bertz CT molecular complexity index is 946. The maximum atomic E-state index is 12.9. The molecular formula is C20H17BrN2O4. The summed E-state index contributed by atoms with van der Waals surface area (Å²) in [5.41, 5.74) is 0.556. The van der Waals surface area contributed by atoms with Crippen molar-refractivity contribution >= 4 is 33.8 Å². The molecule has 1 aromatic carbocycles. The van der Waals surface area contributed by atoms with E-state index in [0.29, 0.717) is 21.8 Å². The average molecular weight is 429 g/mol. The number of rotatable bonds is 6. The third-order valence-electron chi connectivity index (χ3n) is 3.71. The van der Waals surface area contributed by atoms with E-state index < -0.39 is 0 Å². The molecule has 0 unspecified atom stereocenters. The van der Waals surface area contributed by atoms with E-state index in [0.717, 1.165) is 0 Å². The van der Waals surface area contributed by atoms with Gasteiger partial charge in [0.05, 0.1) is 12.8 Å². The summed E-state index contributed by atoms with van der Waals surface area (Å²) >= 11 is 3.24. The molecule has 0 fully saturated rings. The monoisotopic (exact) mass is 428 g/mol. The van der Waals surface area contributed by atoms with Gasteiger partial charge in [0.1, 0.15) is 17.2 Å². The van der Waals surface area contributed by atoms with Crippen molar-refractivity contribution in [2.45, 2.75) is 6.54 Å². The van der Waals surface area contributed by atoms with Gasteiger partial charge in [-0.3, -0.25) is 9.59 Å². The normalized spacial score (nSPS) is 11.3. The number of hydrogen-bond acceptors (Lipinski definition) is 4. The van der Waals surface area contributed by atoms with Crippen molar-refractivity contribution in [2.24, 2.45) is 0 Å². The first-order valence-corrected chi connectivity index (χ1v) is 8.93. The van der Waals surface area contributed by atoms with Crippen LogP contribution in [0, 0.1) is 0 Å². The van der Waals surface area contributed by atoms with Gasteiger partial charge in [0, 0.05) is 18.7 Å². The minimum atomic E-state index is -0.379. The van der Waals surface area contributed by atoms with Crippen LogP contribution in [-0.4, -0.2) is 23.8 Å². The number of hydrogen-bond donors (Lipinski definition) is 1. The molecule has 6 nitrogen and oxygen atoms in total. The van der Waals surface area contributed by atoms with Crippen molar-refractivity contribution in [1.82, 2.24) is 10.2 Å². The summed E-state index contributed by atoms with van der Waals surface area (Å²) in [6, 6.07) is 15.6. The zero-order valence-corrected chi connectivity index (χ0v) is 16.1. The Morgan fingerprint density at radius 3 is 2.52 bits per heavy atom. The highest BCUT2D eigenvalue weighted by Crippen LogP contribution is 2.16. The molecule has 0 saturated carbocycles. The third kappa shape index (κ3) is 4.98. The first-order chi connectivity index (χ1) is 13.0. The van der Waals surface area contributed by atoms with Crippen LogP contribution in [0.4, 0.5) is 0 Å². The number of carbonyl (C=O) groups excluding carboxylic acids is 2. The molecule has 1 N–H and O–H groups in total. The smallest absolute Gasteiger partial charge is 0.270 e. The Hall–Kier alpha value is -3.06. The molecule has 3 aromatic rings. The lowest BCUT2D eigenvalue weighted by molar-refractivity contribution is -0.126. The largest absolute Gasteiger partial charge is 0.465 e. The summed E-state index contributed by atoms with van der Waals surface area (Å²) in [6.45, 7) is 0.251. The van der Waals surface area contributed by atoms with Gasteiger partial charge >= 0.3 is 0 Å². The molecule has 7 heteroatoms. The van der Waals surface area contributed by atoms with Gasteiger partial charge in [0.15, 0.2) is 4.67 Å². The number of likely N-dealkylation sites (N-methyl/N-ethyl adjacent to an activating group) is 1. The molecule has 0 spiro atoms. The average Bonchev–Trinajstić information content (AvgIpc) is 3.33. The molecule has 0 aliphatic heterocycles. The number of benzene rings is 1. The minimum absolute atomic E-state index is 0.104. The number of nitrogens with zero attached hydrogens (tertiary/aromatic N) is 1. The summed E-state index contributed by atoms with van der Waals surface area (Å²) in [5.74, 6) is 0.324. The van der Waals surface area contributed by atoms with Crippen molar-refractivity contribution in [3.05, 3.63) is 88.3 Å². The summed E-state index contributed by atoms with van der Waals surface area (Å²) in [5, 5.41) is 2.67. The predicted octanol–water partition coefficient (Wildman–Crippen LogP) is 4.06. The van der Waals surface area contributed by atoms with Gasteiger partial charge in [-0.2, -0.15) is 0 Å². The van der Waals surface area contributed by atoms with Crippen LogP contribution in [0.2, 0.25) is 0 Å². The topological polar surface area (TPSA) is 75.7 Å². The van der Waals surface area contributed by atoms with Crippen LogP contribution < -0.4 is 5.32 Å². The van der Waals surface area contributed by atoms with Crippen molar-refractivity contribution in [3.63, 3.8) is 0 Å². The predicted molar refractivity (Wildman–Crippen MR) is 103 cm³/mol. The molecule has 3 rings (SSSR count). The van der Waals surface area contributed by atoms with Crippen LogP contribution >= 0.6 is 15.9 Å². The van der Waals surface area contributed by atoms with E-state index in [9.17, 15) is 9.59 Å². The van der Waals surface area contributed by atoms with Crippen molar-refractivity contribution < 1.29 is 18.4 Å². The van der Waals surface area contributed by atoms with Crippen LogP contribution in [-0.2, 0) is 11.3 Å². The maximum absolute atomic E-state index is 12.9. The zero-order valence-electron chi connectivity index (χ0n) is 14.5. The molecule has 27 heavy (non-hydrogen) atoms. The van der Waals surface area contributed by atoms with Crippen LogP contribution in [0.3, 0.4) is 0 Å². The minimum Gasteiger partial charge on any atom is -0.465 e. The molecule has 2 aromatic heterocycles. The second-order valence-corrected chi connectivity index (χ2v) is 6.54. The van der Waals surface area contributed by atoms with Gasteiger partial charge in [-0.1, -0.05) is 18.2 Å². The van der Waals surface area contributed by atoms with E-state index in [4.69, 9.17) is 8.83 Å². The molecule has 0 radical (unpaired) electrons.